The lowest BCUT2D eigenvalue weighted by Crippen LogP contribution is -2.17. The lowest BCUT2D eigenvalue weighted by molar-refractivity contribution is 0.102. The molecule has 0 bridgehead atoms. The lowest BCUT2D eigenvalue weighted by atomic mass is 10.2. The van der Waals surface area contributed by atoms with Crippen LogP contribution in [0.2, 0.25) is 0 Å². The second-order valence-electron chi connectivity index (χ2n) is 6.94. The van der Waals surface area contributed by atoms with Gasteiger partial charge < -0.3 is 15.5 Å². The molecule has 6 heteroatoms. The highest BCUT2D eigenvalue weighted by molar-refractivity contribution is 6.03. The molecule has 0 spiro atoms. The number of carbonyl (C=O) groups is 1. The summed E-state index contributed by atoms with van der Waals surface area (Å²) in [6.07, 6.45) is 4.15. The third-order valence-corrected chi connectivity index (χ3v) is 4.87. The fourth-order valence-electron chi connectivity index (χ4n) is 3.36. The molecule has 0 radical (unpaired) electrons. The van der Waals surface area contributed by atoms with Crippen molar-refractivity contribution in [3.63, 3.8) is 0 Å². The number of aromatic nitrogens is 1. The first-order chi connectivity index (χ1) is 14.2. The van der Waals surface area contributed by atoms with Gasteiger partial charge in [0, 0.05) is 30.2 Å². The van der Waals surface area contributed by atoms with Crippen molar-refractivity contribution < 1.29 is 4.79 Å². The van der Waals surface area contributed by atoms with E-state index in [1.54, 1.807) is 36.5 Å². The summed E-state index contributed by atoms with van der Waals surface area (Å²) in [6.45, 7) is 2.25. The topological polar surface area (TPSA) is 81.0 Å². The minimum atomic E-state index is -0.318. The standard InChI is InChI=1S/C23H21N5O/c24-15-17-4-3-5-19(14-17)27-23(29)22-11-8-20(16-25-22)26-18-6-9-21(10-7-18)28-12-1-2-13-28/h3-11,14,16,26H,1-2,12-13H2,(H,27,29). The van der Waals surface area contributed by atoms with Crippen LogP contribution < -0.4 is 15.5 Å². The van der Waals surface area contributed by atoms with Crippen LogP contribution in [0.4, 0.5) is 22.7 Å². The van der Waals surface area contributed by atoms with E-state index in [-0.39, 0.29) is 5.91 Å². The zero-order valence-electron chi connectivity index (χ0n) is 15.9. The Labute approximate surface area is 169 Å². The highest BCUT2D eigenvalue weighted by Crippen LogP contribution is 2.24. The van der Waals surface area contributed by atoms with Crippen LogP contribution in [0.5, 0.6) is 0 Å². The molecule has 6 nitrogen and oxygen atoms in total. The second kappa shape index (κ2) is 8.44. The van der Waals surface area contributed by atoms with E-state index < -0.39 is 0 Å². The smallest absolute Gasteiger partial charge is 0.274 e. The van der Waals surface area contributed by atoms with Crippen molar-refractivity contribution in [3.05, 3.63) is 78.1 Å². The minimum Gasteiger partial charge on any atom is -0.372 e. The molecule has 1 aliphatic rings. The number of nitrogens with zero attached hydrogens (tertiary/aromatic N) is 3. The van der Waals surface area contributed by atoms with Crippen LogP contribution in [-0.4, -0.2) is 24.0 Å². The average Bonchev–Trinajstić information content (AvgIpc) is 3.30. The lowest BCUT2D eigenvalue weighted by Gasteiger charge is -2.18. The Hall–Kier alpha value is -3.85. The van der Waals surface area contributed by atoms with Crippen molar-refractivity contribution in [3.8, 4) is 6.07 Å². The number of amides is 1. The fraction of sp³-hybridized carbons (Fsp3) is 0.174. The van der Waals surface area contributed by atoms with Crippen LogP contribution in [0.3, 0.4) is 0 Å². The summed E-state index contributed by atoms with van der Waals surface area (Å²) in [5.41, 5.74) is 4.39. The number of nitrogens with one attached hydrogen (secondary N) is 2. The molecule has 2 aromatic carbocycles. The van der Waals surface area contributed by atoms with Gasteiger partial charge in [0.2, 0.25) is 0 Å². The fourth-order valence-corrected chi connectivity index (χ4v) is 3.36. The first kappa shape index (κ1) is 18.5. The number of benzene rings is 2. The van der Waals surface area contributed by atoms with E-state index in [0.717, 1.165) is 24.5 Å². The normalized spacial score (nSPS) is 13.0. The molecule has 1 amide bonds. The molecule has 1 aromatic heterocycles. The van der Waals surface area contributed by atoms with Crippen molar-refractivity contribution in [2.24, 2.45) is 0 Å². The van der Waals surface area contributed by atoms with Gasteiger partial charge in [0.15, 0.2) is 0 Å². The van der Waals surface area contributed by atoms with Crippen molar-refractivity contribution in [1.82, 2.24) is 4.98 Å². The molecule has 1 fully saturated rings. The van der Waals surface area contributed by atoms with Gasteiger partial charge in [0.05, 0.1) is 23.5 Å². The number of anilines is 4. The number of pyridine rings is 1. The highest BCUT2D eigenvalue weighted by Gasteiger charge is 2.12. The molecule has 1 saturated heterocycles. The van der Waals surface area contributed by atoms with Crippen LogP contribution in [-0.2, 0) is 0 Å². The zero-order valence-corrected chi connectivity index (χ0v) is 15.9. The Balaban J connectivity index is 1.38. The molecule has 29 heavy (non-hydrogen) atoms. The summed E-state index contributed by atoms with van der Waals surface area (Å²) in [4.78, 5) is 19.0. The van der Waals surface area contributed by atoms with E-state index in [2.05, 4.69) is 50.9 Å². The van der Waals surface area contributed by atoms with Gasteiger partial charge >= 0.3 is 0 Å². The summed E-state index contributed by atoms with van der Waals surface area (Å²) in [6, 6.07) is 20.7. The Morgan fingerprint density at radius 1 is 0.966 bits per heavy atom. The molecule has 3 aromatic rings. The van der Waals surface area contributed by atoms with E-state index in [1.807, 2.05) is 6.07 Å². The maximum absolute atomic E-state index is 12.4. The average molecular weight is 383 g/mol. The van der Waals surface area contributed by atoms with Crippen molar-refractivity contribution in [2.75, 3.05) is 28.6 Å². The van der Waals surface area contributed by atoms with E-state index in [1.165, 1.54) is 18.5 Å². The third kappa shape index (κ3) is 4.53. The van der Waals surface area contributed by atoms with Gasteiger partial charge in [-0.15, -0.1) is 0 Å². The second-order valence-corrected chi connectivity index (χ2v) is 6.94. The number of hydrogen-bond donors (Lipinski definition) is 2. The van der Waals surface area contributed by atoms with Crippen LogP contribution in [0.25, 0.3) is 0 Å². The Morgan fingerprint density at radius 2 is 1.72 bits per heavy atom. The van der Waals surface area contributed by atoms with E-state index in [4.69, 9.17) is 5.26 Å². The van der Waals surface area contributed by atoms with Crippen LogP contribution in [0, 0.1) is 11.3 Å². The summed E-state index contributed by atoms with van der Waals surface area (Å²) in [7, 11) is 0. The number of rotatable bonds is 5. The SMILES string of the molecule is N#Cc1cccc(NC(=O)c2ccc(Nc3ccc(N4CCCC4)cc3)cn2)c1. The molecular formula is C23H21N5O. The number of carbonyl (C=O) groups excluding carboxylic acids is 1. The Morgan fingerprint density at radius 3 is 2.41 bits per heavy atom. The van der Waals surface area contributed by atoms with Crippen LogP contribution >= 0.6 is 0 Å². The first-order valence-corrected chi connectivity index (χ1v) is 9.61. The number of hydrogen-bond acceptors (Lipinski definition) is 5. The zero-order chi connectivity index (χ0) is 20.1. The molecular weight excluding hydrogens is 362 g/mol. The molecule has 0 unspecified atom stereocenters. The third-order valence-electron chi connectivity index (χ3n) is 4.87. The van der Waals surface area contributed by atoms with Gasteiger partial charge in [-0.25, -0.2) is 4.98 Å². The molecule has 2 heterocycles. The van der Waals surface area contributed by atoms with Crippen molar-refractivity contribution in [1.29, 1.82) is 5.26 Å². The van der Waals surface area contributed by atoms with Gasteiger partial charge in [0.1, 0.15) is 5.69 Å². The summed E-state index contributed by atoms with van der Waals surface area (Å²) in [5.74, 6) is -0.318. The number of nitriles is 1. The largest absolute Gasteiger partial charge is 0.372 e. The summed E-state index contributed by atoms with van der Waals surface area (Å²) < 4.78 is 0. The van der Waals surface area contributed by atoms with Crippen LogP contribution in [0.1, 0.15) is 28.9 Å². The highest BCUT2D eigenvalue weighted by atomic mass is 16.1. The molecule has 144 valence electrons. The minimum absolute atomic E-state index is 0.308. The van der Waals surface area contributed by atoms with Gasteiger partial charge in [0.25, 0.3) is 5.91 Å². The van der Waals surface area contributed by atoms with Crippen LogP contribution in [0.15, 0.2) is 66.9 Å². The van der Waals surface area contributed by atoms with E-state index >= 15 is 0 Å². The molecule has 1 aliphatic heterocycles. The summed E-state index contributed by atoms with van der Waals surface area (Å²) >= 11 is 0. The molecule has 0 aliphatic carbocycles. The predicted molar refractivity (Wildman–Crippen MR) is 115 cm³/mol. The molecule has 0 saturated carbocycles. The van der Waals surface area contributed by atoms with Gasteiger partial charge in [-0.05, 0) is 67.4 Å². The monoisotopic (exact) mass is 383 g/mol. The maximum Gasteiger partial charge on any atom is 0.274 e. The quantitative estimate of drug-likeness (QED) is 0.676. The van der Waals surface area contributed by atoms with E-state index in [0.29, 0.717) is 16.9 Å². The van der Waals surface area contributed by atoms with E-state index in [9.17, 15) is 4.79 Å². The summed E-state index contributed by atoms with van der Waals surface area (Å²) in [5, 5.41) is 15.0. The molecule has 2 N–H and O–H groups in total. The van der Waals surface area contributed by atoms with Crippen molar-refractivity contribution in [2.45, 2.75) is 12.8 Å². The van der Waals surface area contributed by atoms with Gasteiger partial charge in [-0.3, -0.25) is 4.79 Å². The molecule has 4 rings (SSSR count). The maximum atomic E-state index is 12.4. The molecule has 0 atom stereocenters. The first-order valence-electron chi connectivity index (χ1n) is 9.61. The Kier molecular flexibility index (Phi) is 5.39. The predicted octanol–water partition coefficient (Wildman–Crippen LogP) is 4.55. The Bertz CT molecular complexity index is 1030. The van der Waals surface area contributed by atoms with Gasteiger partial charge in [-0.2, -0.15) is 5.26 Å². The van der Waals surface area contributed by atoms with Crippen molar-refractivity contribution >= 4 is 28.7 Å². The van der Waals surface area contributed by atoms with Gasteiger partial charge in [-0.1, -0.05) is 6.07 Å².